The van der Waals surface area contributed by atoms with Gasteiger partial charge >= 0.3 is 11.9 Å². The molecule has 1 N–H and O–H groups in total. The van der Waals surface area contributed by atoms with Gasteiger partial charge in [-0.2, -0.15) is 0 Å². The summed E-state index contributed by atoms with van der Waals surface area (Å²) in [4.78, 5) is 39.1. The number of nitrogens with zero attached hydrogens (tertiary/aromatic N) is 1. The Bertz CT molecular complexity index is 1040. The second kappa shape index (κ2) is 15.1. The number of ether oxygens (including phenoxy) is 1. The molecule has 1 saturated carbocycles. The summed E-state index contributed by atoms with van der Waals surface area (Å²) in [5, 5.41) is 9.92. The maximum atomic E-state index is 14.2. The molecule has 1 heterocycles. The summed E-state index contributed by atoms with van der Waals surface area (Å²) in [6.07, 6.45) is 6.42. The van der Waals surface area contributed by atoms with Crippen LogP contribution in [0.25, 0.3) is 0 Å². The molecule has 1 aromatic carbocycles. The maximum absolute atomic E-state index is 14.2. The largest absolute Gasteiger partial charge is 0.480 e. The fraction of sp³-hybridized carbons (Fsp3) is 0.700. The van der Waals surface area contributed by atoms with Crippen molar-refractivity contribution in [2.24, 2.45) is 17.8 Å². The Labute approximate surface area is 237 Å². The van der Waals surface area contributed by atoms with Gasteiger partial charge in [-0.1, -0.05) is 65.0 Å². The number of unbranched alkanes of at least 4 members (excludes halogenated alkanes) is 1. The van der Waals surface area contributed by atoms with Gasteiger partial charge in [0.2, 0.25) is 19.6 Å². The van der Waals surface area contributed by atoms with Crippen LogP contribution in [-0.4, -0.2) is 59.1 Å². The predicted molar refractivity (Wildman–Crippen MR) is 151 cm³/mol. The molecule has 1 saturated heterocycles. The van der Waals surface area contributed by atoms with E-state index in [-0.39, 0.29) is 30.2 Å². The monoisotopic (exact) mass is 581 g/mol. The smallest absolute Gasteiger partial charge is 0.326 e. The fourth-order valence-electron chi connectivity index (χ4n) is 5.81. The van der Waals surface area contributed by atoms with Gasteiger partial charge in [0.1, 0.15) is 18.0 Å². The Morgan fingerprint density at radius 2 is 1.75 bits per heavy atom. The van der Waals surface area contributed by atoms with Gasteiger partial charge in [-0.15, -0.1) is 0 Å². The average Bonchev–Trinajstić information content (AvgIpc) is 3.38. The lowest BCUT2D eigenvalue weighted by molar-refractivity contribution is -0.169. The van der Waals surface area contributed by atoms with Crippen molar-refractivity contribution in [3.63, 3.8) is 0 Å². The topological polar surface area (TPSA) is 110 Å². The van der Waals surface area contributed by atoms with E-state index in [0.717, 1.165) is 31.2 Å². The first-order valence-electron chi connectivity index (χ1n) is 14.7. The van der Waals surface area contributed by atoms with E-state index in [1.807, 2.05) is 0 Å². The number of amides is 1. The predicted octanol–water partition coefficient (Wildman–Crippen LogP) is 6.26. The van der Waals surface area contributed by atoms with E-state index >= 15 is 0 Å². The van der Waals surface area contributed by atoms with E-state index in [1.54, 1.807) is 32.9 Å². The normalized spacial score (nSPS) is 22.2. The molecule has 0 bridgehead atoms. The zero-order valence-corrected chi connectivity index (χ0v) is 25.0. The first-order valence-corrected chi connectivity index (χ1v) is 16.7. The van der Waals surface area contributed by atoms with Crippen molar-refractivity contribution in [1.29, 1.82) is 0 Å². The summed E-state index contributed by atoms with van der Waals surface area (Å²) in [6, 6.07) is 5.26. The quantitative estimate of drug-likeness (QED) is 0.120. The van der Waals surface area contributed by atoms with Crippen LogP contribution >= 0.6 is 7.37 Å². The molecule has 3 rings (SSSR count). The number of carboxylic acids is 1. The number of aliphatic carboxylic acids is 1. The third-order valence-corrected chi connectivity index (χ3v) is 10.5. The van der Waals surface area contributed by atoms with Crippen LogP contribution in [0.2, 0.25) is 0 Å². The molecule has 0 aromatic heterocycles. The van der Waals surface area contributed by atoms with Crippen LogP contribution in [0.5, 0.6) is 0 Å². The summed E-state index contributed by atoms with van der Waals surface area (Å²) in [5.41, 5.74) is 0.945. The Balaban J connectivity index is 1.73. The molecule has 0 spiro atoms. The molecule has 1 aliphatic carbocycles. The molecular weight excluding hydrogens is 536 g/mol. The van der Waals surface area contributed by atoms with Crippen LogP contribution in [0.4, 0.5) is 4.39 Å². The van der Waals surface area contributed by atoms with Gasteiger partial charge in [0.05, 0.1) is 0 Å². The Hall–Kier alpha value is -2.25. The zero-order valence-electron chi connectivity index (χ0n) is 24.1. The highest BCUT2D eigenvalue weighted by molar-refractivity contribution is 7.59. The minimum atomic E-state index is -3.66. The number of esters is 1. The van der Waals surface area contributed by atoms with Crippen molar-refractivity contribution < 1.29 is 37.7 Å². The summed E-state index contributed by atoms with van der Waals surface area (Å²) < 4.78 is 38.8. The van der Waals surface area contributed by atoms with Gasteiger partial charge in [0.15, 0.2) is 0 Å². The Morgan fingerprint density at radius 3 is 2.35 bits per heavy atom. The van der Waals surface area contributed by atoms with Crippen LogP contribution in [0, 0.1) is 23.6 Å². The molecule has 1 aliphatic heterocycles. The van der Waals surface area contributed by atoms with Crippen molar-refractivity contribution in [3.05, 3.63) is 35.6 Å². The molecule has 1 amide bonds. The second-order valence-corrected chi connectivity index (χ2v) is 14.2. The molecule has 4 unspecified atom stereocenters. The number of likely N-dealkylation sites (tertiary alicyclic amines) is 1. The fourth-order valence-corrected chi connectivity index (χ4v) is 8.11. The highest BCUT2D eigenvalue weighted by atomic mass is 31.2. The molecule has 4 atom stereocenters. The van der Waals surface area contributed by atoms with Gasteiger partial charge in [-0.05, 0) is 55.2 Å². The molecule has 1 aromatic rings. The number of rotatable bonds is 14. The Morgan fingerprint density at radius 1 is 1.07 bits per heavy atom. The molecule has 40 heavy (non-hydrogen) atoms. The van der Waals surface area contributed by atoms with E-state index in [1.165, 1.54) is 23.5 Å². The number of benzene rings is 1. The molecule has 224 valence electrons. The first-order chi connectivity index (χ1) is 19.0. The lowest BCUT2D eigenvalue weighted by Crippen LogP contribution is -2.42. The number of aryl methyl sites for hydroxylation is 1. The van der Waals surface area contributed by atoms with Crippen molar-refractivity contribution in [3.8, 4) is 0 Å². The Kier molecular flexibility index (Phi) is 12.2. The number of halogens is 1. The molecule has 0 radical (unpaired) electrons. The van der Waals surface area contributed by atoms with E-state index in [0.29, 0.717) is 38.1 Å². The number of carbonyl (C=O) groups excluding carboxylic acids is 2. The number of carboxylic acid groups (broad SMARTS) is 1. The molecule has 10 heteroatoms. The summed E-state index contributed by atoms with van der Waals surface area (Å²) in [7, 11) is -3.66. The minimum Gasteiger partial charge on any atom is -0.480 e. The third kappa shape index (κ3) is 9.41. The van der Waals surface area contributed by atoms with Gasteiger partial charge in [0.25, 0.3) is 0 Å². The number of carbonyl (C=O) groups is 3. The van der Waals surface area contributed by atoms with Crippen molar-refractivity contribution in [2.45, 2.75) is 97.3 Å². The molecule has 2 fully saturated rings. The second-order valence-electron chi connectivity index (χ2n) is 11.6. The van der Waals surface area contributed by atoms with E-state index in [2.05, 4.69) is 0 Å². The highest BCUT2D eigenvalue weighted by Crippen LogP contribution is 2.51. The average molecular weight is 582 g/mol. The summed E-state index contributed by atoms with van der Waals surface area (Å²) in [5.74, 6) is -2.11. The molecule has 2 aliphatic rings. The third-order valence-electron chi connectivity index (χ3n) is 8.14. The number of hydrogen-bond donors (Lipinski definition) is 1. The highest BCUT2D eigenvalue weighted by Gasteiger charge is 2.44. The lowest BCUT2D eigenvalue weighted by atomic mass is 9.79. The molecular formula is C30H45FNO7P. The number of hydrogen-bond acceptors (Lipinski definition) is 6. The zero-order chi connectivity index (χ0) is 29.3. The van der Waals surface area contributed by atoms with Crippen LogP contribution in [0.15, 0.2) is 24.3 Å². The van der Waals surface area contributed by atoms with Crippen molar-refractivity contribution >= 4 is 25.2 Å². The minimum absolute atomic E-state index is 0.0878. The van der Waals surface area contributed by atoms with E-state index in [9.17, 15) is 28.4 Å². The van der Waals surface area contributed by atoms with Crippen LogP contribution < -0.4 is 0 Å². The summed E-state index contributed by atoms with van der Waals surface area (Å²) >= 11 is 0. The van der Waals surface area contributed by atoms with E-state index in [4.69, 9.17) is 9.26 Å². The van der Waals surface area contributed by atoms with Gasteiger partial charge in [-0.25, -0.2) is 9.18 Å². The van der Waals surface area contributed by atoms with Gasteiger partial charge < -0.3 is 14.7 Å². The van der Waals surface area contributed by atoms with Gasteiger partial charge in [0, 0.05) is 25.0 Å². The van der Waals surface area contributed by atoms with Crippen molar-refractivity contribution in [1.82, 2.24) is 4.90 Å². The van der Waals surface area contributed by atoms with Gasteiger partial charge in [-0.3, -0.25) is 18.7 Å². The maximum Gasteiger partial charge on any atom is 0.326 e. The van der Waals surface area contributed by atoms with E-state index < -0.39 is 43.7 Å². The lowest BCUT2D eigenvalue weighted by Gasteiger charge is -2.30. The standard InChI is InChI=1S/C30H45FNO7P/c1-4-28(34)38-30(21(2)3)39-40(37,17-9-8-10-22-13-15-25(31)16-14-22)20-27(33)32-19-24(18-26(32)29(35)36)23-11-6-5-7-12-23/h13-16,21,23-24,26,30H,4-12,17-20H2,1-3H3,(H,35,36). The van der Waals surface area contributed by atoms with Crippen molar-refractivity contribution in [2.75, 3.05) is 18.9 Å². The van der Waals surface area contributed by atoms with Crippen LogP contribution in [0.1, 0.15) is 84.1 Å². The first kappa shape index (κ1) is 32.3. The summed E-state index contributed by atoms with van der Waals surface area (Å²) in [6.45, 7) is 5.57. The molecule has 8 nitrogen and oxygen atoms in total. The van der Waals surface area contributed by atoms with Crippen LogP contribution in [-0.2, 0) is 34.6 Å². The van der Waals surface area contributed by atoms with Crippen LogP contribution in [0.3, 0.4) is 0 Å². The SMILES string of the molecule is CCC(=O)OC(OP(=O)(CCCCc1ccc(F)cc1)CC(=O)N1CC(C2CCCCC2)CC1C(=O)O)C(C)C.